The van der Waals surface area contributed by atoms with Crippen molar-refractivity contribution in [3.8, 4) is 0 Å². The summed E-state index contributed by atoms with van der Waals surface area (Å²) in [4.78, 5) is 0. The molecule has 0 aliphatic carbocycles. The summed E-state index contributed by atoms with van der Waals surface area (Å²) in [5.74, 6) is 0. The SMILES string of the molecule is [Mg+2].[O-]OOOOOOO[O-]. The van der Waals surface area contributed by atoms with Crippen LogP contribution in [0.15, 0.2) is 0 Å². The van der Waals surface area contributed by atoms with Gasteiger partial charge in [0.25, 0.3) is 0 Å². The summed E-state index contributed by atoms with van der Waals surface area (Å²) in [5, 5.41) is 38.5. The van der Waals surface area contributed by atoms with E-state index < -0.39 is 0 Å². The second kappa shape index (κ2) is 12.1. The van der Waals surface area contributed by atoms with Crippen molar-refractivity contribution in [3.05, 3.63) is 0 Å². The Bertz CT molecular complexity index is 38.0. The summed E-state index contributed by atoms with van der Waals surface area (Å²) < 4.78 is 0. The van der Waals surface area contributed by atoms with Crippen LogP contribution in [0.3, 0.4) is 0 Å². The third-order valence-electron chi connectivity index (χ3n) is 0.167. The van der Waals surface area contributed by atoms with Crippen molar-refractivity contribution in [2.75, 3.05) is 0 Å². The van der Waals surface area contributed by atoms with Crippen molar-refractivity contribution in [2.45, 2.75) is 0 Å². The Hall–Kier alpha value is 0.406. The van der Waals surface area contributed by atoms with Gasteiger partial charge >= 0.3 is 23.1 Å². The van der Waals surface area contributed by atoms with Gasteiger partial charge in [-0.25, -0.2) is 0 Å². The quantitative estimate of drug-likeness (QED) is 0.175. The van der Waals surface area contributed by atoms with Gasteiger partial charge in [-0.05, 0) is 25.2 Å². The van der Waals surface area contributed by atoms with Crippen LogP contribution in [0, 0.1) is 0 Å². The van der Waals surface area contributed by atoms with Crippen LogP contribution in [-0.2, 0) is 35.3 Å². The Labute approximate surface area is 69.5 Å². The Balaban J connectivity index is 0. The third-order valence-corrected chi connectivity index (χ3v) is 0.167. The van der Waals surface area contributed by atoms with Gasteiger partial charge in [-0.3, -0.25) is 10.1 Å². The summed E-state index contributed by atoms with van der Waals surface area (Å²) in [6.45, 7) is 0. The monoisotopic (exact) mass is 168 g/mol. The second-order valence-electron chi connectivity index (χ2n) is 0.476. The molecule has 0 aliphatic heterocycles. The van der Waals surface area contributed by atoms with Crippen molar-refractivity contribution >= 4 is 23.1 Å². The van der Waals surface area contributed by atoms with Crippen LogP contribution in [0.1, 0.15) is 0 Å². The maximum absolute atomic E-state index is 8.85. The molecule has 0 spiro atoms. The van der Waals surface area contributed by atoms with Gasteiger partial charge in [0.2, 0.25) is 0 Å². The molecule has 0 unspecified atom stereocenters. The summed E-state index contributed by atoms with van der Waals surface area (Å²) in [5.41, 5.74) is 0. The average Bonchev–Trinajstić information content (AvgIpc) is 1.89. The van der Waals surface area contributed by atoms with Crippen LogP contribution in [0.2, 0.25) is 0 Å². The predicted octanol–water partition coefficient (Wildman–Crippen LogP) is -3.24. The molecule has 0 radical (unpaired) electrons. The Morgan fingerprint density at radius 3 is 1.20 bits per heavy atom. The smallest absolute Gasteiger partial charge is 0.689 e. The molecule has 0 aromatic rings. The summed E-state index contributed by atoms with van der Waals surface area (Å²) in [6, 6.07) is 0. The standard InChI is InChI=1S/Mg.H2O9/c;1-3-5-7-9-8-6-4-2/h;1-2H/q+2;/p-2. The van der Waals surface area contributed by atoms with E-state index in [1.807, 2.05) is 0 Å². The van der Waals surface area contributed by atoms with Crippen LogP contribution in [0.25, 0.3) is 0 Å². The van der Waals surface area contributed by atoms with Crippen molar-refractivity contribution in [1.29, 1.82) is 0 Å². The Morgan fingerprint density at radius 1 is 0.600 bits per heavy atom. The molecule has 10 heavy (non-hydrogen) atoms. The second-order valence-corrected chi connectivity index (χ2v) is 0.476. The molecule has 0 heterocycles. The maximum Gasteiger partial charge on any atom is 2.00 e. The Morgan fingerprint density at radius 2 is 0.900 bits per heavy atom. The first kappa shape index (κ1) is 13.0. The molecule has 56 valence electrons. The molecule has 0 aromatic heterocycles. The number of hydrogen-bond acceptors (Lipinski definition) is 9. The molecule has 0 N–H and O–H groups in total. The van der Waals surface area contributed by atoms with E-state index in [1.165, 1.54) is 0 Å². The molecule has 10 heteroatoms. The first-order valence-corrected chi connectivity index (χ1v) is 1.33. The third kappa shape index (κ3) is 11.2. The summed E-state index contributed by atoms with van der Waals surface area (Å²) >= 11 is 0. The Kier molecular flexibility index (Phi) is 15.8. The van der Waals surface area contributed by atoms with Gasteiger partial charge in [0.05, 0.1) is 0 Å². The van der Waals surface area contributed by atoms with Crippen LogP contribution in [-0.4, -0.2) is 23.1 Å². The molecule has 9 nitrogen and oxygen atoms in total. The zero-order chi connectivity index (χ0) is 6.95. The molecule has 0 amide bonds. The van der Waals surface area contributed by atoms with Crippen molar-refractivity contribution in [1.82, 2.24) is 0 Å². The molecule has 0 saturated carbocycles. The van der Waals surface area contributed by atoms with E-state index in [2.05, 4.69) is 35.3 Å². The molecule has 0 aromatic carbocycles. The largest absolute Gasteiger partial charge is 2.00 e. The molecule has 0 aliphatic rings. The van der Waals surface area contributed by atoms with Crippen LogP contribution < -0.4 is 10.5 Å². The van der Waals surface area contributed by atoms with E-state index in [9.17, 15) is 0 Å². The predicted molar refractivity (Wildman–Crippen MR) is 13.3 cm³/mol. The topological polar surface area (TPSA) is 111 Å². The number of rotatable bonds is 6. The van der Waals surface area contributed by atoms with Gasteiger partial charge < -0.3 is 10.5 Å². The van der Waals surface area contributed by atoms with Crippen LogP contribution in [0.4, 0.5) is 0 Å². The van der Waals surface area contributed by atoms with Crippen molar-refractivity contribution < 1.29 is 45.8 Å². The zero-order valence-corrected chi connectivity index (χ0v) is 5.80. The van der Waals surface area contributed by atoms with E-state index in [-0.39, 0.29) is 23.1 Å². The van der Waals surface area contributed by atoms with Crippen molar-refractivity contribution in [3.63, 3.8) is 0 Å². The van der Waals surface area contributed by atoms with E-state index >= 15 is 0 Å². The minimum Gasteiger partial charge on any atom is -0.689 e. The molecule has 0 fully saturated rings. The normalized spacial score (nSPS) is 9.00. The van der Waals surface area contributed by atoms with E-state index in [0.29, 0.717) is 0 Å². The van der Waals surface area contributed by atoms with Crippen LogP contribution in [0.5, 0.6) is 0 Å². The van der Waals surface area contributed by atoms with E-state index in [0.717, 1.165) is 0 Å². The van der Waals surface area contributed by atoms with Gasteiger partial charge in [-0.1, -0.05) is 0 Å². The van der Waals surface area contributed by atoms with E-state index in [4.69, 9.17) is 10.5 Å². The van der Waals surface area contributed by atoms with Crippen molar-refractivity contribution in [2.24, 2.45) is 0 Å². The first-order chi connectivity index (χ1) is 4.41. The molecular weight excluding hydrogens is 168 g/mol. The fourth-order valence-corrected chi connectivity index (χ4v) is 0.0567. The molecule has 0 rings (SSSR count). The molecule has 0 saturated heterocycles. The fourth-order valence-electron chi connectivity index (χ4n) is 0.0567. The number of hydrogen-bond donors (Lipinski definition) is 0. The molecule has 0 atom stereocenters. The average molecular weight is 168 g/mol. The molecular formula is MgO9. The van der Waals surface area contributed by atoms with E-state index in [1.54, 1.807) is 0 Å². The minimum atomic E-state index is 0. The summed E-state index contributed by atoms with van der Waals surface area (Å²) in [7, 11) is 0. The zero-order valence-electron chi connectivity index (χ0n) is 4.38. The first-order valence-electron chi connectivity index (χ1n) is 1.33. The van der Waals surface area contributed by atoms with Crippen LogP contribution >= 0.6 is 0 Å². The van der Waals surface area contributed by atoms with Gasteiger partial charge in [0.1, 0.15) is 0 Å². The van der Waals surface area contributed by atoms with Gasteiger partial charge in [0.15, 0.2) is 0 Å². The minimum absolute atomic E-state index is 0. The van der Waals surface area contributed by atoms with Gasteiger partial charge in [-0.2, -0.15) is 0 Å². The molecule has 0 bridgehead atoms. The fraction of sp³-hybridized carbons (Fsp3) is 0. The maximum atomic E-state index is 8.85. The summed E-state index contributed by atoms with van der Waals surface area (Å²) in [6.07, 6.45) is 0. The van der Waals surface area contributed by atoms with Gasteiger partial charge in [-0.15, -0.1) is 0 Å². The van der Waals surface area contributed by atoms with Gasteiger partial charge in [0, 0.05) is 0 Å².